The number of amides is 1. The lowest BCUT2D eigenvalue weighted by Crippen LogP contribution is -2.33. The highest BCUT2D eigenvalue weighted by atomic mass is 32.2. The van der Waals surface area contributed by atoms with Crippen molar-refractivity contribution in [3.8, 4) is 5.75 Å². The Morgan fingerprint density at radius 3 is 2.34 bits per heavy atom. The molecule has 7 nitrogen and oxygen atoms in total. The fraction of sp³-hybridized carbons (Fsp3) is 0.435. The molecule has 0 saturated carbocycles. The monoisotopic (exact) mass is 463 g/mol. The molecule has 2 aromatic rings. The van der Waals surface area contributed by atoms with Gasteiger partial charge in [0.1, 0.15) is 11.6 Å². The van der Waals surface area contributed by atoms with Gasteiger partial charge in [-0.05, 0) is 62.2 Å². The molecule has 174 valence electrons. The summed E-state index contributed by atoms with van der Waals surface area (Å²) in [7, 11) is -2.20. The number of methoxy groups -OCH3 is 1. The largest absolute Gasteiger partial charge is 0.495 e. The van der Waals surface area contributed by atoms with Crippen LogP contribution in [0.5, 0.6) is 5.75 Å². The van der Waals surface area contributed by atoms with Crippen LogP contribution in [0.2, 0.25) is 0 Å². The van der Waals surface area contributed by atoms with Gasteiger partial charge in [-0.2, -0.15) is 4.31 Å². The van der Waals surface area contributed by atoms with Gasteiger partial charge in [-0.3, -0.25) is 4.79 Å². The number of rotatable bonds is 8. The maximum absolute atomic E-state index is 13.2. The first-order valence-electron chi connectivity index (χ1n) is 10.8. The fourth-order valence-corrected chi connectivity index (χ4v) is 5.32. The first-order chi connectivity index (χ1) is 15.3. The van der Waals surface area contributed by atoms with Gasteiger partial charge >= 0.3 is 0 Å². The Kier molecular flexibility index (Phi) is 8.09. The van der Waals surface area contributed by atoms with Gasteiger partial charge in [0.15, 0.2) is 0 Å². The van der Waals surface area contributed by atoms with Crippen LogP contribution in [0.15, 0.2) is 47.4 Å². The molecule has 1 amide bonds. The summed E-state index contributed by atoms with van der Waals surface area (Å²) in [5.74, 6) is -0.307. The third-order valence-corrected chi connectivity index (χ3v) is 7.45. The van der Waals surface area contributed by atoms with Crippen LogP contribution in [0.4, 0.5) is 15.8 Å². The van der Waals surface area contributed by atoms with Crippen molar-refractivity contribution in [2.45, 2.75) is 37.5 Å². The van der Waals surface area contributed by atoms with E-state index in [1.807, 2.05) is 6.92 Å². The van der Waals surface area contributed by atoms with E-state index in [0.717, 1.165) is 25.7 Å². The zero-order valence-electron chi connectivity index (χ0n) is 18.5. The molecule has 0 spiro atoms. The number of anilines is 2. The first-order valence-corrected chi connectivity index (χ1v) is 12.3. The third-order valence-electron chi connectivity index (χ3n) is 5.56. The Hall–Kier alpha value is -2.65. The molecule has 2 aromatic carbocycles. The van der Waals surface area contributed by atoms with Crippen molar-refractivity contribution < 1.29 is 22.3 Å². The second-order valence-electron chi connectivity index (χ2n) is 7.72. The van der Waals surface area contributed by atoms with E-state index in [0.29, 0.717) is 36.8 Å². The fourth-order valence-electron chi connectivity index (χ4n) is 3.78. The molecule has 1 N–H and O–H groups in total. The Labute approximate surface area is 189 Å². The predicted octanol–water partition coefficient (Wildman–Crippen LogP) is 3.86. The SMILES string of the molecule is CCN(CC(=O)Nc1cc(S(=O)(=O)N2CCCCCC2)ccc1OC)c1ccc(F)cc1. The minimum Gasteiger partial charge on any atom is -0.495 e. The van der Waals surface area contributed by atoms with Crippen molar-refractivity contribution in [3.63, 3.8) is 0 Å². The van der Waals surface area contributed by atoms with Gasteiger partial charge in [-0.1, -0.05) is 12.8 Å². The summed E-state index contributed by atoms with van der Waals surface area (Å²) in [6.07, 6.45) is 3.74. The number of ether oxygens (including phenoxy) is 1. The zero-order chi connectivity index (χ0) is 23.1. The standard InChI is InChI=1S/C23H30FN3O4S/c1-3-26(19-10-8-18(24)9-11-19)17-23(28)25-21-16-20(12-13-22(21)31-2)32(29,30)27-14-6-4-5-7-15-27/h8-13,16H,3-7,14-15,17H2,1-2H3,(H,25,28). The maximum atomic E-state index is 13.2. The van der Waals surface area contributed by atoms with Crippen LogP contribution in [0.1, 0.15) is 32.6 Å². The van der Waals surface area contributed by atoms with Gasteiger partial charge in [-0.25, -0.2) is 12.8 Å². The summed E-state index contributed by atoms with van der Waals surface area (Å²) in [5, 5.41) is 2.77. The molecule has 9 heteroatoms. The summed E-state index contributed by atoms with van der Waals surface area (Å²) in [4.78, 5) is 14.7. The lowest BCUT2D eigenvalue weighted by Gasteiger charge is -2.23. The van der Waals surface area contributed by atoms with Crippen LogP contribution < -0.4 is 15.0 Å². The van der Waals surface area contributed by atoms with Crippen LogP contribution in [-0.2, 0) is 14.8 Å². The Balaban J connectivity index is 1.79. The highest BCUT2D eigenvalue weighted by molar-refractivity contribution is 7.89. The molecule has 0 aliphatic carbocycles. The van der Waals surface area contributed by atoms with E-state index in [1.165, 1.54) is 35.7 Å². The lowest BCUT2D eigenvalue weighted by molar-refractivity contribution is -0.115. The van der Waals surface area contributed by atoms with Crippen LogP contribution in [0.3, 0.4) is 0 Å². The van der Waals surface area contributed by atoms with E-state index >= 15 is 0 Å². The molecule has 0 aromatic heterocycles. The van der Waals surface area contributed by atoms with Gasteiger partial charge in [0.2, 0.25) is 15.9 Å². The summed E-state index contributed by atoms with van der Waals surface area (Å²) < 4.78 is 46.4. The van der Waals surface area contributed by atoms with Gasteiger partial charge in [0.05, 0.1) is 24.2 Å². The third kappa shape index (κ3) is 5.77. The summed E-state index contributed by atoms with van der Waals surface area (Å²) in [5.41, 5.74) is 1.01. The number of sulfonamides is 1. The lowest BCUT2D eigenvalue weighted by atomic mass is 10.2. The number of hydrogen-bond donors (Lipinski definition) is 1. The van der Waals surface area contributed by atoms with Crippen LogP contribution in [-0.4, -0.2) is 51.9 Å². The molecule has 0 atom stereocenters. The number of likely N-dealkylation sites (N-methyl/N-ethyl adjacent to an activating group) is 1. The van der Waals surface area contributed by atoms with E-state index in [2.05, 4.69) is 5.32 Å². The molecular formula is C23H30FN3O4S. The second-order valence-corrected chi connectivity index (χ2v) is 9.66. The van der Waals surface area contributed by atoms with Crippen molar-refractivity contribution in [2.24, 2.45) is 0 Å². The number of halogens is 1. The number of nitrogens with zero attached hydrogens (tertiary/aromatic N) is 2. The van der Waals surface area contributed by atoms with Crippen LogP contribution in [0, 0.1) is 5.82 Å². The molecule has 0 bridgehead atoms. The number of carbonyl (C=O) groups is 1. The topological polar surface area (TPSA) is 79.0 Å². The summed E-state index contributed by atoms with van der Waals surface area (Å²) in [6.45, 7) is 3.46. The van der Waals surface area contributed by atoms with Crippen molar-refractivity contribution in [1.82, 2.24) is 4.31 Å². The Morgan fingerprint density at radius 2 is 1.75 bits per heavy atom. The minimum absolute atomic E-state index is 0.0222. The average molecular weight is 464 g/mol. The number of nitrogens with one attached hydrogen (secondary N) is 1. The van der Waals surface area contributed by atoms with Gasteiger partial charge in [-0.15, -0.1) is 0 Å². The van der Waals surface area contributed by atoms with Crippen molar-refractivity contribution in [1.29, 1.82) is 0 Å². The van der Waals surface area contributed by atoms with E-state index in [1.54, 1.807) is 23.1 Å². The Bertz CT molecular complexity index is 1020. The average Bonchev–Trinajstić information content (AvgIpc) is 3.08. The summed E-state index contributed by atoms with van der Waals surface area (Å²) >= 11 is 0. The molecular weight excluding hydrogens is 433 g/mol. The minimum atomic E-state index is -3.66. The number of carbonyl (C=O) groups excluding carboxylic acids is 1. The number of hydrogen-bond acceptors (Lipinski definition) is 5. The highest BCUT2D eigenvalue weighted by Crippen LogP contribution is 2.30. The highest BCUT2D eigenvalue weighted by Gasteiger charge is 2.26. The van der Waals surface area contributed by atoms with Gasteiger partial charge < -0.3 is 15.0 Å². The van der Waals surface area contributed by atoms with Crippen molar-refractivity contribution in [2.75, 3.05) is 43.5 Å². The van der Waals surface area contributed by atoms with Crippen LogP contribution >= 0.6 is 0 Å². The molecule has 1 saturated heterocycles. The molecule has 1 aliphatic rings. The predicted molar refractivity (Wildman–Crippen MR) is 123 cm³/mol. The van der Waals surface area contributed by atoms with Crippen molar-refractivity contribution >= 4 is 27.3 Å². The molecule has 1 heterocycles. The van der Waals surface area contributed by atoms with Gasteiger partial charge in [0, 0.05) is 25.3 Å². The van der Waals surface area contributed by atoms with Gasteiger partial charge in [0.25, 0.3) is 0 Å². The first kappa shape index (κ1) is 24.0. The maximum Gasteiger partial charge on any atom is 0.243 e. The molecule has 0 radical (unpaired) electrons. The normalized spacial score (nSPS) is 15.1. The van der Waals surface area contributed by atoms with Crippen LogP contribution in [0.25, 0.3) is 0 Å². The molecule has 1 aliphatic heterocycles. The molecule has 1 fully saturated rings. The van der Waals surface area contributed by atoms with Crippen molar-refractivity contribution in [3.05, 3.63) is 48.3 Å². The van der Waals surface area contributed by atoms with E-state index in [9.17, 15) is 17.6 Å². The van der Waals surface area contributed by atoms with E-state index < -0.39 is 10.0 Å². The molecule has 3 rings (SSSR count). The zero-order valence-corrected chi connectivity index (χ0v) is 19.3. The molecule has 0 unspecified atom stereocenters. The number of benzene rings is 2. The summed E-state index contributed by atoms with van der Waals surface area (Å²) in [6, 6.07) is 10.4. The molecule has 32 heavy (non-hydrogen) atoms. The second kappa shape index (κ2) is 10.8. The van der Waals surface area contributed by atoms with E-state index in [4.69, 9.17) is 4.74 Å². The van der Waals surface area contributed by atoms with E-state index in [-0.39, 0.29) is 23.2 Å². The quantitative estimate of drug-likeness (QED) is 0.643. The Morgan fingerprint density at radius 1 is 1.09 bits per heavy atom. The smallest absolute Gasteiger partial charge is 0.243 e.